The van der Waals surface area contributed by atoms with E-state index in [1.165, 1.54) is 5.56 Å². The van der Waals surface area contributed by atoms with Gasteiger partial charge in [0.1, 0.15) is 11.9 Å². The molecule has 0 radical (unpaired) electrons. The standard InChI is InChI=1S/C18H22ClNO/c1-3-13(2)14-8-5-7-11-17(14)21-18(12-20)15-9-4-6-10-16(15)19/h4-11,13,18H,3,12,20H2,1-2H3. The van der Waals surface area contributed by atoms with Crippen molar-refractivity contribution in [3.8, 4) is 5.75 Å². The molecule has 0 heterocycles. The Morgan fingerprint density at radius 3 is 2.29 bits per heavy atom. The maximum absolute atomic E-state index is 6.26. The molecule has 112 valence electrons. The van der Waals surface area contributed by atoms with Crippen LogP contribution in [-0.4, -0.2) is 6.54 Å². The van der Waals surface area contributed by atoms with E-state index < -0.39 is 0 Å². The van der Waals surface area contributed by atoms with Gasteiger partial charge in [-0.05, 0) is 30.0 Å². The predicted molar refractivity (Wildman–Crippen MR) is 89.0 cm³/mol. The summed E-state index contributed by atoms with van der Waals surface area (Å²) in [6.45, 7) is 4.77. The first kappa shape index (κ1) is 15.9. The number of hydrogen-bond donors (Lipinski definition) is 1. The van der Waals surface area contributed by atoms with Crippen LogP contribution in [0.25, 0.3) is 0 Å². The van der Waals surface area contributed by atoms with Crippen molar-refractivity contribution in [2.75, 3.05) is 6.54 Å². The van der Waals surface area contributed by atoms with E-state index in [4.69, 9.17) is 22.1 Å². The first-order chi connectivity index (χ1) is 10.2. The van der Waals surface area contributed by atoms with Gasteiger partial charge in [-0.3, -0.25) is 0 Å². The largest absolute Gasteiger partial charge is 0.484 e. The van der Waals surface area contributed by atoms with Crippen molar-refractivity contribution in [2.45, 2.75) is 32.3 Å². The van der Waals surface area contributed by atoms with Crippen LogP contribution in [-0.2, 0) is 0 Å². The number of hydrogen-bond acceptors (Lipinski definition) is 2. The second-order valence-corrected chi connectivity index (χ2v) is 5.62. The Balaban J connectivity index is 2.30. The van der Waals surface area contributed by atoms with Gasteiger partial charge in [-0.25, -0.2) is 0 Å². The molecule has 0 spiro atoms. The average Bonchev–Trinajstić information content (AvgIpc) is 2.53. The van der Waals surface area contributed by atoms with Gasteiger partial charge in [-0.15, -0.1) is 0 Å². The molecule has 0 saturated carbocycles. The summed E-state index contributed by atoms with van der Waals surface area (Å²) in [5.74, 6) is 1.34. The number of halogens is 1. The first-order valence-electron chi connectivity index (χ1n) is 7.37. The van der Waals surface area contributed by atoms with E-state index in [1.807, 2.05) is 42.5 Å². The fourth-order valence-corrected chi connectivity index (χ4v) is 2.60. The van der Waals surface area contributed by atoms with E-state index in [9.17, 15) is 0 Å². The van der Waals surface area contributed by atoms with Crippen molar-refractivity contribution >= 4 is 11.6 Å². The summed E-state index contributed by atoms with van der Waals surface area (Å²) >= 11 is 6.26. The normalized spacial score (nSPS) is 13.7. The lowest BCUT2D eigenvalue weighted by Gasteiger charge is -2.22. The van der Waals surface area contributed by atoms with E-state index in [1.54, 1.807) is 0 Å². The van der Waals surface area contributed by atoms with Crippen molar-refractivity contribution in [1.82, 2.24) is 0 Å². The third-order valence-electron chi connectivity index (χ3n) is 3.80. The Kier molecular flexibility index (Phi) is 5.66. The van der Waals surface area contributed by atoms with Crippen molar-refractivity contribution in [1.29, 1.82) is 0 Å². The molecule has 0 aliphatic heterocycles. The number of benzene rings is 2. The quantitative estimate of drug-likeness (QED) is 0.821. The molecule has 0 fully saturated rings. The van der Waals surface area contributed by atoms with E-state index in [2.05, 4.69) is 19.9 Å². The van der Waals surface area contributed by atoms with Gasteiger partial charge in [0.15, 0.2) is 0 Å². The second-order valence-electron chi connectivity index (χ2n) is 5.21. The molecule has 0 aromatic heterocycles. The highest BCUT2D eigenvalue weighted by molar-refractivity contribution is 6.31. The fraction of sp³-hybridized carbons (Fsp3) is 0.333. The summed E-state index contributed by atoms with van der Waals surface area (Å²) in [4.78, 5) is 0. The Morgan fingerprint density at radius 2 is 1.67 bits per heavy atom. The molecule has 2 atom stereocenters. The van der Waals surface area contributed by atoms with Crippen molar-refractivity contribution in [2.24, 2.45) is 5.73 Å². The molecule has 2 nitrogen and oxygen atoms in total. The van der Waals surface area contributed by atoms with Gasteiger partial charge >= 0.3 is 0 Å². The molecule has 2 rings (SSSR count). The van der Waals surface area contributed by atoms with Gasteiger partial charge in [0.05, 0.1) is 0 Å². The minimum Gasteiger partial charge on any atom is -0.484 e. The predicted octanol–water partition coefficient (Wildman–Crippen LogP) is 4.93. The number of para-hydroxylation sites is 1. The molecule has 2 unspecified atom stereocenters. The van der Waals surface area contributed by atoms with Gasteiger partial charge < -0.3 is 10.5 Å². The summed E-state index contributed by atoms with van der Waals surface area (Å²) in [5, 5.41) is 0.689. The van der Waals surface area contributed by atoms with Gasteiger partial charge in [0.25, 0.3) is 0 Å². The summed E-state index contributed by atoms with van der Waals surface area (Å²) < 4.78 is 6.18. The average molecular weight is 304 g/mol. The highest BCUT2D eigenvalue weighted by Crippen LogP contribution is 2.33. The van der Waals surface area contributed by atoms with Crippen LogP contribution >= 0.6 is 11.6 Å². The van der Waals surface area contributed by atoms with Crippen molar-refractivity contribution < 1.29 is 4.74 Å². The fourth-order valence-electron chi connectivity index (χ4n) is 2.34. The topological polar surface area (TPSA) is 35.2 Å². The van der Waals surface area contributed by atoms with Crippen LogP contribution in [0.5, 0.6) is 5.75 Å². The van der Waals surface area contributed by atoms with E-state index >= 15 is 0 Å². The van der Waals surface area contributed by atoms with Gasteiger partial charge in [-0.1, -0.05) is 61.8 Å². The molecule has 0 bridgehead atoms. The highest BCUT2D eigenvalue weighted by Gasteiger charge is 2.17. The molecule has 0 saturated heterocycles. The molecule has 3 heteroatoms. The second kappa shape index (κ2) is 7.48. The van der Waals surface area contributed by atoms with Crippen LogP contribution in [0, 0.1) is 0 Å². The van der Waals surface area contributed by atoms with Crippen LogP contribution in [0.15, 0.2) is 48.5 Å². The molecule has 0 aliphatic carbocycles. The number of rotatable bonds is 6. The summed E-state index contributed by atoms with van der Waals surface area (Å²) in [5.41, 5.74) is 8.04. The zero-order valence-electron chi connectivity index (χ0n) is 12.6. The third-order valence-corrected chi connectivity index (χ3v) is 4.14. The SMILES string of the molecule is CCC(C)c1ccccc1OC(CN)c1ccccc1Cl. The lowest BCUT2D eigenvalue weighted by atomic mass is 9.97. The first-order valence-corrected chi connectivity index (χ1v) is 7.75. The van der Waals surface area contributed by atoms with Gasteiger partial charge in [-0.2, -0.15) is 0 Å². The van der Waals surface area contributed by atoms with E-state index in [0.29, 0.717) is 17.5 Å². The third kappa shape index (κ3) is 3.78. The lowest BCUT2D eigenvalue weighted by Crippen LogP contribution is -2.19. The Hall–Kier alpha value is -1.51. The molecule has 2 aromatic carbocycles. The smallest absolute Gasteiger partial charge is 0.137 e. The molecule has 2 aromatic rings. The van der Waals surface area contributed by atoms with Crippen molar-refractivity contribution in [3.05, 3.63) is 64.7 Å². The van der Waals surface area contributed by atoms with Crippen LogP contribution in [0.1, 0.15) is 43.4 Å². The number of nitrogens with two attached hydrogens (primary N) is 1. The van der Waals surface area contributed by atoms with E-state index in [-0.39, 0.29) is 6.10 Å². The van der Waals surface area contributed by atoms with E-state index in [0.717, 1.165) is 17.7 Å². The zero-order valence-corrected chi connectivity index (χ0v) is 13.3. The summed E-state index contributed by atoms with van der Waals surface area (Å²) in [7, 11) is 0. The van der Waals surface area contributed by atoms with Crippen LogP contribution in [0.2, 0.25) is 5.02 Å². The minimum absolute atomic E-state index is 0.232. The van der Waals surface area contributed by atoms with Crippen LogP contribution < -0.4 is 10.5 Å². The Morgan fingerprint density at radius 1 is 1.05 bits per heavy atom. The maximum Gasteiger partial charge on any atom is 0.137 e. The zero-order chi connectivity index (χ0) is 15.2. The van der Waals surface area contributed by atoms with Gasteiger partial charge in [0.2, 0.25) is 0 Å². The molecule has 0 aliphatic rings. The molecular formula is C18H22ClNO. The van der Waals surface area contributed by atoms with Crippen molar-refractivity contribution in [3.63, 3.8) is 0 Å². The maximum atomic E-state index is 6.26. The Labute approximate surface area is 131 Å². The molecular weight excluding hydrogens is 282 g/mol. The molecule has 21 heavy (non-hydrogen) atoms. The lowest BCUT2D eigenvalue weighted by molar-refractivity contribution is 0.211. The van der Waals surface area contributed by atoms with Crippen LogP contribution in [0.3, 0.4) is 0 Å². The van der Waals surface area contributed by atoms with Gasteiger partial charge in [0, 0.05) is 17.1 Å². The monoisotopic (exact) mass is 303 g/mol. The minimum atomic E-state index is -0.232. The summed E-state index contributed by atoms with van der Waals surface area (Å²) in [6, 6.07) is 15.8. The van der Waals surface area contributed by atoms with Crippen LogP contribution in [0.4, 0.5) is 0 Å². The Bertz CT molecular complexity index is 585. The molecule has 0 amide bonds. The highest BCUT2D eigenvalue weighted by atomic mass is 35.5. The molecule has 2 N–H and O–H groups in total. The number of ether oxygens (including phenoxy) is 1. The summed E-state index contributed by atoms with van der Waals surface area (Å²) in [6.07, 6.45) is 0.837.